The van der Waals surface area contributed by atoms with E-state index in [0.29, 0.717) is 18.6 Å². The van der Waals surface area contributed by atoms with Gasteiger partial charge in [-0.05, 0) is 38.1 Å². The lowest BCUT2D eigenvalue weighted by Gasteiger charge is -2.33. The third-order valence-electron chi connectivity index (χ3n) is 4.49. The van der Waals surface area contributed by atoms with Gasteiger partial charge in [0.05, 0.1) is 6.10 Å². The first-order chi connectivity index (χ1) is 9.29. The van der Waals surface area contributed by atoms with Gasteiger partial charge in [-0.1, -0.05) is 19.3 Å². The Morgan fingerprint density at radius 3 is 2.53 bits per heavy atom. The summed E-state index contributed by atoms with van der Waals surface area (Å²) in [4.78, 5) is 14.1. The SMILES string of the molecule is NCCCOC1CCN(C(=O)CCC2CCC2)CC1. The second kappa shape index (κ2) is 7.85. The zero-order valence-electron chi connectivity index (χ0n) is 12.0. The predicted molar refractivity (Wildman–Crippen MR) is 75.8 cm³/mol. The van der Waals surface area contributed by atoms with E-state index < -0.39 is 0 Å². The molecule has 4 heteroatoms. The molecule has 4 nitrogen and oxygen atoms in total. The largest absolute Gasteiger partial charge is 0.378 e. The van der Waals surface area contributed by atoms with E-state index in [-0.39, 0.29) is 0 Å². The average Bonchev–Trinajstić information content (AvgIpc) is 2.38. The molecule has 0 radical (unpaired) electrons. The van der Waals surface area contributed by atoms with Gasteiger partial charge < -0.3 is 15.4 Å². The second-order valence-electron chi connectivity index (χ2n) is 5.93. The minimum absolute atomic E-state index is 0.335. The third kappa shape index (κ3) is 4.77. The first-order valence-electron chi connectivity index (χ1n) is 7.89. The number of rotatable bonds is 7. The highest BCUT2D eigenvalue weighted by Gasteiger charge is 2.24. The van der Waals surface area contributed by atoms with E-state index in [0.717, 1.165) is 57.7 Å². The van der Waals surface area contributed by atoms with Crippen molar-refractivity contribution in [3.63, 3.8) is 0 Å². The van der Waals surface area contributed by atoms with Crippen molar-refractivity contribution in [1.29, 1.82) is 0 Å². The fourth-order valence-corrected chi connectivity index (χ4v) is 2.87. The molecule has 110 valence electrons. The van der Waals surface area contributed by atoms with Crippen LogP contribution in [0, 0.1) is 5.92 Å². The molecule has 1 saturated heterocycles. The molecule has 2 fully saturated rings. The van der Waals surface area contributed by atoms with Crippen molar-refractivity contribution in [3.05, 3.63) is 0 Å². The van der Waals surface area contributed by atoms with Gasteiger partial charge in [0.25, 0.3) is 0 Å². The quantitative estimate of drug-likeness (QED) is 0.718. The molecule has 2 aliphatic rings. The summed E-state index contributed by atoms with van der Waals surface area (Å²) >= 11 is 0. The normalized spacial score (nSPS) is 21.4. The van der Waals surface area contributed by atoms with Crippen LogP contribution in [0.15, 0.2) is 0 Å². The fraction of sp³-hybridized carbons (Fsp3) is 0.933. The molecule has 0 atom stereocenters. The second-order valence-corrected chi connectivity index (χ2v) is 5.93. The van der Waals surface area contributed by atoms with E-state index in [2.05, 4.69) is 0 Å². The van der Waals surface area contributed by atoms with E-state index in [1.54, 1.807) is 0 Å². The molecule has 2 N–H and O–H groups in total. The Labute approximate surface area is 116 Å². The van der Waals surface area contributed by atoms with Crippen LogP contribution in [-0.4, -0.2) is 43.2 Å². The van der Waals surface area contributed by atoms with Crippen LogP contribution < -0.4 is 5.73 Å². The van der Waals surface area contributed by atoms with Gasteiger partial charge in [-0.15, -0.1) is 0 Å². The number of likely N-dealkylation sites (tertiary alicyclic amines) is 1. The first kappa shape index (κ1) is 14.8. The van der Waals surface area contributed by atoms with Crippen LogP contribution in [0.4, 0.5) is 0 Å². The monoisotopic (exact) mass is 268 g/mol. The van der Waals surface area contributed by atoms with Gasteiger partial charge >= 0.3 is 0 Å². The molecule has 0 aromatic rings. The number of hydrogen-bond acceptors (Lipinski definition) is 3. The summed E-state index contributed by atoms with van der Waals surface area (Å²) in [5.41, 5.74) is 5.45. The molecular formula is C15H28N2O2. The van der Waals surface area contributed by atoms with Crippen LogP contribution in [0.5, 0.6) is 0 Å². The van der Waals surface area contributed by atoms with Gasteiger partial charge in [-0.3, -0.25) is 4.79 Å². The molecule has 2 rings (SSSR count). The molecule has 1 heterocycles. The van der Waals surface area contributed by atoms with Gasteiger partial charge in [0, 0.05) is 26.1 Å². The number of nitrogens with two attached hydrogens (primary N) is 1. The van der Waals surface area contributed by atoms with E-state index in [1.807, 2.05) is 4.90 Å². The van der Waals surface area contributed by atoms with Crippen LogP contribution in [0.3, 0.4) is 0 Å². The van der Waals surface area contributed by atoms with Crippen LogP contribution >= 0.6 is 0 Å². The van der Waals surface area contributed by atoms with Crippen molar-refractivity contribution in [2.45, 2.75) is 57.5 Å². The van der Waals surface area contributed by atoms with Crippen LogP contribution in [-0.2, 0) is 9.53 Å². The predicted octanol–water partition coefficient (Wildman–Crippen LogP) is 1.92. The maximum atomic E-state index is 12.1. The number of nitrogens with zero attached hydrogens (tertiary/aromatic N) is 1. The molecule has 0 bridgehead atoms. The van der Waals surface area contributed by atoms with E-state index >= 15 is 0 Å². The number of amides is 1. The average molecular weight is 268 g/mol. The molecule has 1 saturated carbocycles. The Kier molecular flexibility index (Phi) is 6.11. The summed E-state index contributed by atoms with van der Waals surface area (Å²) in [5.74, 6) is 1.19. The van der Waals surface area contributed by atoms with Gasteiger partial charge in [0.1, 0.15) is 0 Å². The molecule has 0 spiro atoms. The molecule has 1 aliphatic carbocycles. The van der Waals surface area contributed by atoms with Crippen molar-refractivity contribution >= 4 is 5.91 Å². The summed E-state index contributed by atoms with van der Waals surface area (Å²) < 4.78 is 5.76. The van der Waals surface area contributed by atoms with Crippen molar-refractivity contribution < 1.29 is 9.53 Å². The first-order valence-corrected chi connectivity index (χ1v) is 7.89. The van der Waals surface area contributed by atoms with Gasteiger partial charge in [0.15, 0.2) is 0 Å². The van der Waals surface area contributed by atoms with Crippen molar-refractivity contribution in [2.24, 2.45) is 11.7 Å². The molecule has 0 unspecified atom stereocenters. The van der Waals surface area contributed by atoms with Crippen molar-refractivity contribution in [1.82, 2.24) is 4.90 Å². The number of carbonyl (C=O) groups is 1. The maximum absolute atomic E-state index is 12.1. The highest BCUT2D eigenvalue weighted by atomic mass is 16.5. The smallest absolute Gasteiger partial charge is 0.222 e. The number of ether oxygens (including phenoxy) is 1. The Morgan fingerprint density at radius 2 is 1.95 bits per heavy atom. The highest BCUT2D eigenvalue weighted by Crippen LogP contribution is 2.30. The third-order valence-corrected chi connectivity index (χ3v) is 4.49. The number of piperidine rings is 1. The van der Waals surface area contributed by atoms with Gasteiger partial charge in [-0.25, -0.2) is 0 Å². The number of hydrogen-bond donors (Lipinski definition) is 1. The topological polar surface area (TPSA) is 55.6 Å². The standard InChI is InChI=1S/C15H28N2O2/c16-9-2-12-19-14-7-10-17(11-8-14)15(18)6-5-13-3-1-4-13/h13-14H,1-12,16H2. The molecule has 0 aromatic heterocycles. The molecule has 19 heavy (non-hydrogen) atoms. The fourth-order valence-electron chi connectivity index (χ4n) is 2.87. The Bertz CT molecular complexity index is 271. The lowest BCUT2D eigenvalue weighted by molar-refractivity contribution is -0.134. The van der Waals surface area contributed by atoms with Crippen molar-refractivity contribution in [2.75, 3.05) is 26.2 Å². The summed E-state index contributed by atoms with van der Waals surface area (Å²) in [6, 6.07) is 0. The Hall–Kier alpha value is -0.610. The van der Waals surface area contributed by atoms with Gasteiger partial charge in [-0.2, -0.15) is 0 Å². The molecule has 1 aliphatic heterocycles. The van der Waals surface area contributed by atoms with E-state index in [4.69, 9.17) is 10.5 Å². The van der Waals surface area contributed by atoms with Crippen LogP contribution in [0.2, 0.25) is 0 Å². The number of carbonyl (C=O) groups excluding carboxylic acids is 1. The summed E-state index contributed by atoms with van der Waals surface area (Å²) in [5, 5.41) is 0. The van der Waals surface area contributed by atoms with E-state index in [1.165, 1.54) is 19.3 Å². The maximum Gasteiger partial charge on any atom is 0.222 e. The molecular weight excluding hydrogens is 240 g/mol. The summed E-state index contributed by atoms with van der Waals surface area (Å²) in [6.07, 6.45) is 9.14. The summed E-state index contributed by atoms with van der Waals surface area (Å²) in [7, 11) is 0. The molecule has 1 amide bonds. The Morgan fingerprint density at radius 1 is 1.21 bits per heavy atom. The zero-order chi connectivity index (χ0) is 13.5. The molecule has 0 aromatic carbocycles. The lowest BCUT2D eigenvalue weighted by atomic mass is 9.82. The lowest BCUT2D eigenvalue weighted by Crippen LogP contribution is -2.41. The summed E-state index contributed by atoms with van der Waals surface area (Å²) in [6.45, 7) is 3.20. The minimum Gasteiger partial charge on any atom is -0.378 e. The minimum atomic E-state index is 0.335. The van der Waals surface area contributed by atoms with E-state index in [9.17, 15) is 4.79 Å². The van der Waals surface area contributed by atoms with Crippen molar-refractivity contribution in [3.8, 4) is 0 Å². The van der Waals surface area contributed by atoms with Crippen LogP contribution in [0.25, 0.3) is 0 Å². The van der Waals surface area contributed by atoms with Gasteiger partial charge in [0.2, 0.25) is 5.91 Å². The highest BCUT2D eigenvalue weighted by molar-refractivity contribution is 5.76. The zero-order valence-corrected chi connectivity index (χ0v) is 12.0. The van der Waals surface area contributed by atoms with Crippen LogP contribution in [0.1, 0.15) is 51.4 Å². The Balaban J connectivity index is 1.57.